The van der Waals surface area contributed by atoms with Crippen molar-refractivity contribution < 1.29 is 14.3 Å². The molecule has 1 aromatic rings. The Bertz CT molecular complexity index is 627. The Balaban J connectivity index is 1.38. The first-order valence-corrected chi connectivity index (χ1v) is 9.79. The number of carbonyl (C=O) groups excluding carboxylic acids is 2. The predicted octanol–water partition coefficient (Wildman–Crippen LogP) is 1.24. The van der Waals surface area contributed by atoms with Crippen LogP contribution in [0.2, 0.25) is 0 Å². The van der Waals surface area contributed by atoms with E-state index in [-0.39, 0.29) is 36.7 Å². The smallest absolute Gasteiger partial charge is 0.407 e. The van der Waals surface area contributed by atoms with Crippen molar-refractivity contribution in [1.82, 2.24) is 26.5 Å². The highest BCUT2D eigenvalue weighted by molar-refractivity contribution is 5.78. The molecule has 2 unspecified atom stereocenters. The molecule has 4 N–H and O–H groups in total. The van der Waals surface area contributed by atoms with Crippen LogP contribution in [-0.4, -0.2) is 41.8 Å². The first-order chi connectivity index (χ1) is 13.1. The summed E-state index contributed by atoms with van der Waals surface area (Å²) < 4.78 is 5.49. The molecule has 1 saturated carbocycles. The summed E-state index contributed by atoms with van der Waals surface area (Å²) in [5.74, 6) is 0.382. The van der Waals surface area contributed by atoms with Crippen LogP contribution in [0.3, 0.4) is 0 Å². The molecule has 1 aliphatic carbocycles. The topological polar surface area (TPSA) is 104 Å². The second-order valence-electron chi connectivity index (χ2n) is 7.28. The van der Waals surface area contributed by atoms with Gasteiger partial charge in [-0.2, -0.15) is 0 Å². The zero-order valence-electron chi connectivity index (χ0n) is 15.7. The van der Waals surface area contributed by atoms with E-state index in [1.165, 1.54) is 0 Å². The fourth-order valence-corrected chi connectivity index (χ4v) is 3.76. The average Bonchev–Trinajstić information content (AvgIpc) is 3.30. The first kappa shape index (κ1) is 19.6. The van der Waals surface area contributed by atoms with E-state index in [0.717, 1.165) is 37.8 Å². The quantitative estimate of drug-likeness (QED) is 0.572. The number of rotatable bonds is 7. The van der Waals surface area contributed by atoms with Crippen LogP contribution in [0.4, 0.5) is 4.79 Å². The number of alkyl carbamates (subject to hydrolysis) is 1. The third-order valence-electron chi connectivity index (χ3n) is 5.12. The van der Waals surface area contributed by atoms with E-state index in [0.29, 0.717) is 12.5 Å². The Morgan fingerprint density at radius 3 is 2.93 bits per heavy atom. The number of hydrogen-bond donors (Lipinski definition) is 4. The Morgan fingerprint density at radius 1 is 1.26 bits per heavy atom. The molecule has 0 radical (unpaired) electrons. The Morgan fingerprint density at radius 2 is 2.15 bits per heavy atom. The normalized spacial score (nSPS) is 27.3. The molecule has 2 amide bonds. The minimum absolute atomic E-state index is 0.0218. The number of amides is 2. The second kappa shape index (κ2) is 9.66. The molecule has 4 atom stereocenters. The molecule has 1 aromatic heterocycles. The molecule has 0 aromatic carbocycles. The summed E-state index contributed by atoms with van der Waals surface area (Å²) in [5.41, 5.74) is 7.21. The molecular weight excluding hydrogens is 346 g/mol. The van der Waals surface area contributed by atoms with E-state index >= 15 is 0 Å². The number of carbonyl (C=O) groups is 2. The van der Waals surface area contributed by atoms with Crippen molar-refractivity contribution in [3.8, 4) is 0 Å². The van der Waals surface area contributed by atoms with Crippen LogP contribution in [0.5, 0.6) is 0 Å². The number of nitrogens with one attached hydrogen (secondary N) is 4. The summed E-state index contributed by atoms with van der Waals surface area (Å²) in [6.45, 7) is 2.65. The van der Waals surface area contributed by atoms with E-state index in [2.05, 4.69) is 26.5 Å². The largest absolute Gasteiger partial charge is 0.446 e. The van der Waals surface area contributed by atoms with E-state index in [1.807, 2.05) is 25.1 Å². The molecule has 148 valence electrons. The fraction of sp³-hybridized carbons (Fsp3) is 0.632. The molecule has 0 bridgehead atoms. The zero-order chi connectivity index (χ0) is 19.1. The fourth-order valence-electron chi connectivity index (χ4n) is 3.76. The highest BCUT2D eigenvalue weighted by Gasteiger charge is 2.37. The minimum atomic E-state index is -0.320. The zero-order valence-corrected chi connectivity index (χ0v) is 15.7. The Kier molecular flexibility index (Phi) is 7.00. The lowest BCUT2D eigenvalue weighted by Gasteiger charge is -2.18. The summed E-state index contributed by atoms with van der Waals surface area (Å²) in [6, 6.07) is 5.82. The second-order valence-corrected chi connectivity index (χ2v) is 7.28. The van der Waals surface area contributed by atoms with Gasteiger partial charge in [-0.1, -0.05) is 13.0 Å². The van der Waals surface area contributed by atoms with Gasteiger partial charge in [0.05, 0.1) is 12.6 Å². The van der Waals surface area contributed by atoms with Gasteiger partial charge in [0, 0.05) is 24.5 Å². The summed E-state index contributed by atoms with van der Waals surface area (Å²) in [4.78, 5) is 28.0. The minimum Gasteiger partial charge on any atom is -0.446 e. The van der Waals surface area contributed by atoms with Crippen LogP contribution in [0.1, 0.15) is 44.7 Å². The van der Waals surface area contributed by atoms with E-state index in [1.54, 1.807) is 6.20 Å². The van der Waals surface area contributed by atoms with Crippen molar-refractivity contribution in [2.75, 3.05) is 6.54 Å². The molecule has 0 spiro atoms. The molecule has 8 nitrogen and oxygen atoms in total. The highest BCUT2D eigenvalue weighted by atomic mass is 16.6. The molecule has 27 heavy (non-hydrogen) atoms. The van der Waals surface area contributed by atoms with Crippen molar-refractivity contribution in [2.24, 2.45) is 5.92 Å². The van der Waals surface area contributed by atoms with Gasteiger partial charge in [0.1, 0.15) is 6.10 Å². The maximum atomic E-state index is 12.2. The number of pyridine rings is 1. The van der Waals surface area contributed by atoms with Crippen molar-refractivity contribution in [3.05, 3.63) is 30.1 Å². The molecule has 2 aliphatic rings. The number of hydrazine groups is 1. The van der Waals surface area contributed by atoms with Crippen LogP contribution in [0, 0.1) is 5.92 Å². The molecule has 1 saturated heterocycles. The third-order valence-corrected chi connectivity index (χ3v) is 5.12. The van der Waals surface area contributed by atoms with Gasteiger partial charge < -0.3 is 15.4 Å². The monoisotopic (exact) mass is 375 g/mol. The van der Waals surface area contributed by atoms with Crippen molar-refractivity contribution in [2.45, 2.75) is 63.8 Å². The van der Waals surface area contributed by atoms with Gasteiger partial charge in [0.25, 0.3) is 0 Å². The molecule has 8 heteroatoms. The molecule has 3 rings (SSSR count). The van der Waals surface area contributed by atoms with Crippen LogP contribution in [0.15, 0.2) is 24.4 Å². The summed E-state index contributed by atoms with van der Waals surface area (Å²) in [6.07, 6.45) is 5.99. The van der Waals surface area contributed by atoms with Crippen LogP contribution < -0.4 is 21.5 Å². The van der Waals surface area contributed by atoms with Crippen molar-refractivity contribution in [1.29, 1.82) is 0 Å². The highest BCUT2D eigenvalue weighted by Crippen LogP contribution is 2.32. The van der Waals surface area contributed by atoms with Crippen LogP contribution >= 0.6 is 0 Å². The number of ether oxygens (including phenoxy) is 1. The predicted molar refractivity (Wildman–Crippen MR) is 100 cm³/mol. The number of aromatic nitrogens is 1. The lowest BCUT2D eigenvalue weighted by Crippen LogP contribution is -2.45. The van der Waals surface area contributed by atoms with E-state index < -0.39 is 0 Å². The summed E-state index contributed by atoms with van der Waals surface area (Å²) in [5, 5.41) is 5.75. The number of hydrogen-bond acceptors (Lipinski definition) is 6. The van der Waals surface area contributed by atoms with Gasteiger partial charge in [-0.15, -0.1) is 0 Å². The Labute approximate surface area is 159 Å². The first-order valence-electron chi connectivity index (χ1n) is 9.79. The molecule has 1 aliphatic heterocycles. The number of nitrogens with zero attached hydrogens (tertiary/aromatic N) is 1. The van der Waals surface area contributed by atoms with Gasteiger partial charge in [-0.3, -0.25) is 15.2 Å². The maximum Gasteiger partial charge on any atom is 0.407 e. The standard InChI is InChI=1S/C19H29N5O3/c1-2-8-21-19(26)27-15-7-6-13(10-15)16-12-17(24-23-16)22-18(25)11-14-5-3-4-9-20-14/h3-5,9,13,15-17,23-24H,2,6-8,10-12H2,1H3,(H,21,26)(H,22,25)/t13-,15+,16?,17?/m1/s1. The lowest BCUT2D eigenvalue weighted by molar-refractivity contribution is -0.121. The average molecular weight is 375 g/mol. The molecular formula is C19H29N5O3. The van der Waals surface area contributed by atoms with Gasteiger partial charge in [0.2, 0.25) is 5.91 Å². The van der Waals surface area contributed by atoms with E-state index in [9.17, 15) is 9.59 Å². The maximum absolute atomic E-state index is 12.2. The Hall–Kier alpha value is -2.19. The van der Waals surface area contributed by atoms with Crippen LogP contribution in [0.25, 0.3) is 0 Å². The van der Waals surface area contributed by atoms with Crippen LogP contribution in [-0.2, 0) is 16.0 Å². The van der Waals surface area contributed by atoms with Crippen molar-refractivity contribution in [3.63, 3.8) is 0 Å². The lowest BCUT2D eigenvalue weighted by atomic mass is 9.96. The molecule has 2 fully saturated rings. The van der Waals surface area contributed by atoms with Gasteiger partial charge in [-0.25, -0.2) is 10.2 Å². The van der Waals surface area contributed by atoms with Crippen molar-refractivity contribution >= 4 is 12.0 Å². The molecule has 2 heterocycles. The van der Waals surface area contributed by atoms with Gasteiger partial charge in [0.15, 0.2) is 0 Å². The van der Waals surface area contributed by atoms with E-state index in [4.69, 9.17) is 4.74 Å². The van der Waals surface area contributed by atoms with Gasteiger partial charge in [-0.05, 0) is 50.2 Å². The SMILES string of the molecule is CCCNC(=O)O[C@H]1CC[C@@H](C2CC(NC(=O)Cc3ccccn3)NN2)C1. The summed E-state index contributed by atoms with van der Waals surface area (Å²) in [7, 11) is 0. The summed E-state index contributed by atoms with van der Waals surface area (Å²) >= 11 is 0. The third kappa shape index (κ3) is 5.90. The van der Waals surface area contributed by atoms with Gasteiger partial charge >= 0.3 is 6.09 Å².